The minimum atomic E-state index is -0.446. The van der Waals surface area contributed by atoms with Gasteiger partial charge in [-0.15, -0.1) is 0 Å². The lowest BCUT2D eigenvalue weighted by molar-refractivity contribution is -0.141. The molecule has 1 N–H and O–H groups in total. The fourth-order valence-corrected chi connectivity index (χ4v) is 2.02. The molecule has 0 spiro atoms. The number of nitrogens with one attached hydrogen (secondary N) is 1. The first-order valence-corrected chi connectivity index (χ1v) is 6.38. The molecule has 1 unspecified atom stereocenters. The number of benzene rings is 1. The normalized spacial score (nSPS) is 11.8. The standard InChI is InChI=1S/C15H21NO4/c1-9-6-12(13(17)8-19-4)7-10(2)14(9)16-11(3)15(18)20-5/h6-7,11,16H,8H2,1-5H3. The quantitative estimate of drug-likeness (QED) is 0.638. The van der Waals surface area contributed by atoms with Crippen LogP contribution >= 0.6 is 0 Å². The van der Waals surface area contributed by atoms with Gasteiger partial charge in [-0.2, -0.15) is 0 Å². The van der Waals surface area contributed by atoms with Crippen molar-refractivity contribution in [2.75, 3.05) is 26.1 Å². The number of hydrogen-bond donors (Lipinski definition) is 1. The van der Waals surface area contributed by atoms with Gasteiger partial charge in [0, 0.05) is 18.4 Å². The number of esters is 1. The van der Waals surface area contributed by atoms with E-state index in [4.69, 9.17) is 4.74 Å². The monoisotopic (exact) mass is 279 g/mol. The maximum atomic E-state index is 11.8. The lowest BCUT2D eigenvalue weighted by Gasteiger charge is -2.18. The third-order valence-electron chi connectivity index (χ3n) is 3.05. The predicted molar refractivity (Wildman–Crippen MR) is 77.2 cm³/mol. The predicted octanol–water partition coefficient (Wildman–Crippen LogP) is 2.11. The zero-order chi connectivity index (χ0) is 15.3. The third kappa shape index (κ3) is 3.81. The molecule has 1 aromatic carbocycles. The molecule has 0 aliphatic rings. The van der Waals surface area contributed by atoms with Crippen molar-refractivity contribution in [3.05, 3.63) is 28.8 Å². The molecule has 1 rings (SSSR count). The van der Waals surface area contributed by atoms with E-state index in [2.05, 4.69) is 10.1 Å². The number of methoxy groups -OCH3 is 2. The molecular weight excluding hydrogens is 258 g/mol. The molecule has 1 aromatic rings. The summed E-state index contributed by atoms with van der Waals surface area (Å²) in [6, 6.07) is 3.14. The van der Waals surface area contributed by atoms with Gasteiger partial charge < -0.3 is 14.8 Å². The van der Waals surface area contributed by atoms with Crippen molar-refractivity contribution in [1.82, 2.24) is 0 Å². The second kappa shape index (κ2) is 7.05. The zero-order valence-electron chi connectivity index (χ0n) is 12.6. The van der Waals surface area contributed by atoms with Gasteiger partial charge in [-0.3, -0.25) is 4.79 Å². The lowest BCUT2D eigenvalue weighted by atomic mass is 10.0. The minimum Gasteiger partial charge on any atom is -0.467 e. The highest BCUT2D eigenvalue weighted by atomic mass is 16.5. The van der Waals surface area contributed by atoms with Crippen molar-refractivity contribution in [3.8, 4) is 0 Å². The molecule has 110 valence electrons. The van der Waals surface area contributed by atoms with Gasteiger partial charge >= 0.3 is 5.97 Å². The molecule has 0 saturated heterocycles. The number of ketones is 1. The summed E-state index contributed by atoms with van der Waals surface area (Å²) < 4.78 is 9.54. The average molecular weight is 279 g/mol. The van der Waals surface area contributed by atoms with Gasteiger partial charge in [0.25, 0.3) is 0 Å². The maximum absolute atomic E-state index is 11.8. The molecule has 0 aliphatic carbocycles. The number of rotatable bonds is 6. The Kier molecular flexibility index (Phi) is 5.70. The van der Waals surface area contributed by atoms with Gasteiger partial charge in [0.1, 0.15) is 12.6 Å². The van der Waals surface area contributed by atoms with Crippen LogP contribution < -0.4 is 5.32 Å². The minimum absolute atomic E-state index is 0.0597. The van der Waals surface area contributed by atoms with E-state index in [0.29, 0.717) is 5.56 Å². The van der Waals surface area contributed by atoms with Crippen LogP contribution in [-0.2, 0) is 14.3 Å². The molecule has 1 atom stereocenters. The van der Waals surface area contributed by atoms with Crippen LogP contribution in [0.2, 0.25) is 0 Å². The maximum Gasteiger partial charge on any atom is 0.327 e. The Labute approximate surface area is 119 Å². The molecule has 0 bridgehead atoms. The van der Waals surface area contributed by atoms with Crippen molar-refractivity contribution in [3.63, 3.8) is 0 Å². The fourth-order valence-electron chi connectivity index (χ4n) is 2.02. The number of carbonyl (C=O) groups is 2. The molecular formula is C15H21NO4. The molecule has 0 aliphatic heterocycles. The molecule has 5 nitrogen and oxygen atoms in total. The van der Waals surface area contributed by atoms with Gasteiger partial charge in [-0.05, 0) is 44.0 Å². The van der Waals surface area contributed by atoms with Crippen LogP contribution in [0.25, 0.3) is 0 Å². The van der Waals surface area contributed by atoms with E-state index in [0.717, 1.165) is 16.8 Å². The van der Waals surface area contributed by atoms with Gasteiger partial charge in [-0.1, -0.05) is 0 Å². The van der Waals surface area contributed by atoms with Crippen LogP contribution in [0, 0.1) is 13.8 Å². The van der Waals surface area contributed by atoms with Crippen LogP contribution in [0.5, 0.6) is 0 Å². The SMILES string of the molecule is COCC(=O)c1cc(C)c(NC(C)C(=O)OC)c(C)c1. The summed E-state index contributed by atoms with van der Waals surface area (Å²) in [7, 11) is 2.85. The Hall–Kier alpha value is -1.88. The van der Waals surface area contributed by atoms with Crippen LogP contribution in [0.3, 0.4) is 0 Å². The van der Waals surface area contributed by atoms with E-state index in [1.807, 2.05) is 13.8 Å². The van der Waals surface area contributed by atoms with Crippen molar-refractivity contribution < 1.29 is 19.1 Å². The number of anilines is 1. The van der Waals surface area contributed by atoms with Crippen LogP contribution in [-0.4, -0.2) is 38.6 Å². The second-order valence-electron chi connectivity index (χ2n) is 4.73. The number of aryl methyl sites for hydroxylation is 2. The van der Waals surface area contributed by atoms with Crippen LogP contribution in [0.1, 0.15) is 28.4 Å². The lowest BCUT2D eigenvalue weighted by Crippen LogP contribution is -2.28. The highest BCUT2D eigenvalue weighted by Gasteiger charge is 2.16. The molecule has 5 heteroatoms. The molecule has 0 amide bonds. The van der Waals surface area contributed by atoms with E-state index < -0.39 is 6.04 Å². The summed E-state index contributed by atoms with van der Waals surface area (Å²) in [5, 5.41) is 3.11. The van der Waals surface area contributed by atoms with Crippen molar-refractivity contribution >= 4 is 17.4 Å². The summed E-state index contributed by atoms with van der Waals surface area (Å²) in [5.74, 6) is -0.394. The summed E-state index contributed by atoms with van der Waals surface area (Å²) >= 11 is 0. The average Bonchev–Trinajstić information content (AvgIpc) is 2.41. The zero-order valence-corrected chi connectivity index (χ0v) is 12.6. The van der Waals surface area contributed by atoms with Crippen molar-refractivity contribution in [2.24, 2.45) is 0 Å². The highest BCUT2D eigenvalue weighted by molar-refractivity contribution is 5.98. The number of carbonyl (C=O) groups excluding carboxylic acids is 2. The summed E-state index contributed by atoms with van der Waals surface area (Å²) in [6.07, 6.45) is 0. The van der Waals surface area contributed by atoms with Crippen LogP contribution in [0.15, 0.2) is 12.1 Å². The molecule has 0 fully saturated rings. The smallest absolute Gasteiger partial charge is 0.327 e. The van der Waals surface area contributed by atoms with Crippen LogP contribution in [0.4, 0.5) is 5.69 Å². The Morgan fingerprint density at radius 2 is 1.75 bits per heavy atom. The molecule has 0 radical (unpaired) electrons. The third-order valence-corrected chi connectivity index (χ3v) is 3.05. The topological polar surface area (TPSA) is 64.6 Å². The Bertz CT molecular complexity index is 488. The number of Topliss-reactive ketones (excluding diaryl/α,β-unsaturated/α-hetero) is 1. The van der Waals surface area contributed by atoms with Gasteiger partial charge in [0.15, 0.2) is 5.78 Å². The van der Waals surface area contributed by atoms with E-state index in [1.165, 1.54) is 14.2 Å². The van der Waals surface area contributed by atoms with Gasteiger partial charge in [0.05, 0.1) is 7.11 Å². The number of hydrogen-bond acceptors (Lipinski definition) is 5. The molecule has 0 heterocycles. The first-order chi connectivity index (χ1) is 9.40. The second-order valence-corrected chi connectivity index (χ2v) is 4.73. The summed E-state index contributed by atoms with van der Waals surface area (Å²) in [5.41, 5.74) is 3.26. The summed E-state index contributed by atoms with van der Waals surface area (Å²) in [6.45, 7) is 5.57. The van der Waals surface area contributed by atoms with Gasteiger partial charge in [0.2, 0.25) is 0 Å². The van der Waals surface area contributed by atoms with Crippen molar-refractivity contribution in [2.45, 2.75) is 26.8 Å². The first kappa shape index (κ1) is 16.2. The Morgan fingerprint density at radius 3 is 2.20 bits per heavy atom. The van der Waals surface area contributed by atoms with E-state index in [9.17, 15) is 9.59 Å². The number of ether oxygens (including phenoxy) is 2. The molecule has 20 heavy (non-hydrogen) atoms. The Morgan fingerprint density at radius 1 is 1.20 bits per heavy atom. The fraction of sp³-hybridized carbons (Fsp3) is 0.467. The molecule has 0 saturated carbocycles. The summed E-state index contributed by atoms with van der Waals surface area (Å²) in [4.78, 5) is 23.3. The largest absolute Gasteiger partial charge is 0.467 e. The van der Waals surface area contributed by atoms with E-state index >= 15 is 0 Å². The molecule has 0 aromatic heterocycles. The van der Waals surface area contributed by atoms with E-state index in [1.54, 1.807) is 19.1 Å². The highest BCUT2D eigenvalue weighted by Crippen LogP contribution is 2.23. The Balaban J connectivity index is 3.00. The van der Waals surface area contributed by atoms with Crippen molar-refractivity contribution in [1.29, 1.82) is 0 Å². The van der Waals surface area contributed by atoms with Gasteiger partial charge in [-0.25, -0.2) is 4.79 Å². The van der Waals surface area contributed by atoms with E-state index in [-0.39, 0.29) is 18.4 Å². The first-order valence-electron chi connectivity index (χ1n) is 6.38.